The summed E-state index contributed by atoms with van der Waals surface area (Å²) >= 11 is 0. The standard InChI is InChI=1S/C20H28N2/c1-3-11-19(12-4-1)22(20-13-5-2-6-14-20)16-8-10-18-9-7-15-21-17-18/h7,9,15,17,19-20H,1-6,11-14,16H2. The van der Waals surface area contributed by atoms with Gasteiger partial charge in [-0.25, -0.2) is 0 Å². The Morgan fingerprint density at radius 2 is 1.59 bits per heavy atom. The van der Waals surface area contributed by atoms with Crippen LogP contribution in [0.1, 0.15) is 69.8 Å². The second-order valence-electron chi connectivity index (χ2n) is 6.80. The minimum Gasteiger partial charge on any atom is -0.286 e. The maximum atomic E-state index is 4.15. The summed E-state index contributed by atoms with van der Waals surface area (Å²) in [5, 5.41) is 0. The SMILES string of the molecule is C(#Cc1cccnc1)CN(C1CCCCC1)C1CCCCC1. The molecule has 0 radical (unpaired) electrons. The summed E-state index contributed by atoms with van der Waals surface area (Å²) in [5.74, 6) is 6.73. The van der Waals surface area contributed by atoms with E-state index in [-0.39, 0.29) is 0 Å². The van der Waals surface area contributed by atoms with E-state index in [4.69, 9.17) is 0 Å². The van der Waals surface area contributed by atoms with Gasteiger partial charge in [0.15, 0.2) is 0 Å². The van der Waals surface area contributed by atoms with E-state index in [2.05, 4.69) is 21.7 Å². The number of nitrogens with zero attached hydrogens (tertiary/aromatic N) is 2. The quantitative estimate of drug-likeness (QED) is 0.769. The topological polar surface area (TPSA) is 16.1 Å². The smallest absolute Gasteiger partial charge is 0.0610 e. The fraction of sp³-hybridized carbons (Fsp3) is 0.650. The lowest BCUT2D eigenvalue weighted by Gasteiger charge is -2.40. The van der Waals surface area contributed by atoms with Gasteiger partial charge in [0, 0.05) is 30.0 Å². The van der Waals surface area contributed by atoms with Gasteiger partial charge >= 0.3 is 0 Å². The molecule has 22 heavy (non-hydrogen) atoms. The van der Waals surface area contributed by atoms with E-state index in [9.17, 15) is 0 Å². The molecule has 0 aromatic carbocycles. The van der Waals surface area contributed by atoms with Crippen LogP contribution in [0.5, 0.6) is 0 Å². The van der Waals surface area contributed by atoms with E-state index in [1.807, 2.05) is 24.5 Å². The van der Waals surface area contributed by atoms with Gasteiger partial charge < -0.3 is 0 Å². The van der Waals surface area contributed by atoms with E-state index in [1.165, 1.54) is 64.2 Å². The van der Waals surface area contributed by atoms with Gasteiger partial charge in [-0.05, 0) is 37.8 Å². The Balaban J connectivity index is 1.66. The van der Waals surface area contributed by atoms with Crippen LogP contribution < -0.4 is 0 Å². The van der Waals surface area contributed by atoms with Gasteiger partial charge in [-0.15, -0.1) is 0 Å². The average molecular weight is 296 g/mol. The van der Waals surface area contributed by atoms with E-state index in [0.717, 1.165) is 24.2 Å². The fourth-order valence-corrected chi connectivity index (χ4v) is 4.05. The molecule has 2 aliphatic rings. The molecule has 2 saturated carbocycles. The molecule has 0 saturated heterocycles. The van der Waals surface area contributed by atoms with Crippen molar-refractivity contribution in [1.82, 2.24) is 9.88 Å². The van der Waals surface area contributed by atoms with Crippen LogP contribution in [0.3, 0.4) is 0 Å². The third-order valence-corrected chi connectivity index (χ3v) is 5.24. The van der Waals surface area contributed by atoms with Crippen molar-refractivity contribution in [2.75, 3.05) is 6.54 Å². The Morgan fingerprint density at radius 1 is 0.955 bits per heavy atom. The van der Waals surface area contributed by atoms with E-state index < -0.39 is 0 Å². The molecule has 1 aromatic rings. The minimum atomic E-state index is 0.778. The van der Waals surface area contributed by atoms with Crippen molar-refractivity contribution >= 4 is 0 Å². The number of rotatable bonds is 3. The van der Waals surface area contributed by atoms with Gasteiger partial charge in [0.1, 0.15) is 0 Å². The number of pyridine rings is 1. The Bertz CT molecular complexity index is 469. The van der Waals surface area contributed by atoms with Crippen LogP contribution in [0.4, 0.5) is 0 Å². The van der Waals surface area contributed by atoms with Crippen LogP contribution in [0, 0.1) is 11.8 Å². The van der Waals surface area contributed by atoms with Crippen molar-refractivity contribution < 1.29 is 0 Å². The summed E-state index contributed by atoms with van der Waals surface area (Å²) < 4.78 is 0. The molecule has 2 aliphatic carbocycles. The van der Waals surface area contributed by atoms with Crippen LogP contribution in [0.25, 0.3) is 0 Å². The van der Waals surface area contributed by atoms with Gasteiger partial charge in [0.2, 0.25) is 0 Å². The molecule has 0 aliphatic heterocycles. The molecule has 0 unspecified atom stereocenters. The lowest BCUT2D eigenvalue weighted by molar-refractivity contribution is 0.0961. The van der Waals surface area contributed by atoms with Crippen molar-refractivity contribution in [3.8, 4) is 11.8 Å². The van der Waals surface area contributed by atoms with Gasteiger partial charge in [-0.1, -0.05) is 50.4 Å². The zero-order valence-corrected chi connectivity index (χ0v) is 13.6. The fourth-order valence-electron chi connectivity index (χ4n) is 4.05. The normalized spacial score (nSPS) is 20.6. The maximum Gasteiger partial charge on any atom is 0.0610 e. The van der Waals surface area contributed by atoms with Gasteiger partial charge in [-0.2, -0.15) is 0 Å². The highest BCUT2D eigenvalue weighted by molar-refractivity contribution is 5.31. The summed E-state index contributed by atoms with van der Waals surface area (Å²) in [5.41, 5.74) is 1.04. The lowest BCUT2D eigenvalue weighted by atomic mass is 9.88. The van der Waals surface area contributed by atoms with Crippen molar-refractivity contribution in [2.24, 2.45) is 0 Å². The Hall–Kier alpha value is -1.33. The monoisotopic (exact) mass is 296 g/mol. The summed E-state index contributed by atoms with van der Waals surface area (Å²) in [7, 11) is 0. The van der Waals surface area contributed by atoms with Crippen LogP contribution >= 0.6 is 0 Å². The Labute approximate surface area is 135 Å². The molecule has 118 valence electrons. The van der Waals surface area contributed by atoms with Crippen molar-refractivity contribution in [2.45, 2.75) is 76.3 Å². The molecule has 2 heteroatoms. The van der Waals surface area contributed by atoms with Gasteiger partial charge in [0.25, 0.3) is 0 Å². The summed E-state index contributed by atoms with van der Waals surface area (Å²) in [6, 6.07) is 5.57. The molecule has 1 heterocycles. The van der Waals surface area contributed by atoms with E-state index in [0.29, 0.717) is 0 Å². The zero-order chi connectivity index (χ0) is 15.0. The second-order valence-corrected chi connectivity index (χ2v) is 6.80. The van der Waals surface area contributed by atoms with E-state index >= 15 is 0 Å². The molecule has 0 amide bonds. The first-order chi connectivity index (χ1) is 10.9. The Kier molecular flexibility index (Phi) is 5.90. The van der Waals surface area contributed by atoms with Crippen molar-refractivity contribution in [3.05, 3.63) is 30.1 Å². The van der Waals surface area contributed by atoms with Gasteiger partial charge in [0.05, 0.1) is 6.54 Å². The molecule has 1 aromatic heterocycles. The highest BCUT2D eigenvalue weighted by Crippen LogP contribution is 2.29. The Morgan fingerprint density at radius 3 is 2.14 bits per heavy atom. The van der Waals surface area contributed by atoms with Crippen LogP contribution in [0.2, 0.25) is 0 Å². The average Bonchev–Trinajstić information content (AvgIpc) is 2.61. The highest BCUT2D eigenvalue weighted by Gasteiger charge is 2.27. The molecular formula is C20H28N2. The molecule has 0 bridgehead atoms. The largest absolute Gasteiger partial charge is 0.286 e. The van der Waals surface area contributed by atoms with Crippen LogP contribution in [-0.2, 0) is 0 Å². The second kappa shape index (κ2) is 8.34. The van der Waals surface area contributed by atoms with Crippen LogP contribution in [0.15, 0.2) is 24.5 Å². The third kappa shape index (κ3) is 4.34. The minimum absolute atomic E-state index is 0.778. The van der Waals surface area contributed by atoms with Crippen molar-refractivity contribution in [3.63, 3.8) is 0 Å². The first-order valence-electron chi connectivity index (χ1n) is 9.08. The predicted octanol–water partition coefficient (Wildman–Crippen LogP) is 4.40. The first kappa shape index (κ1) is 15.6. The maximum absolute atomic E-state index is 4.15. The molecule has 0 N–H and O–H groups in total. The molecular weight excluding hydrogens is 268 g/mol. The molecule has 0 spiro atoms. The molecule has 0 atom stereocenters. The summed E-state index contributed by atoms with van der Waals surface area (Å²) in [6.45, 7) is 0.935. The first-order valence-corrected chi connectivity index (χ1v) is 9.08. The predicted molar refractivity (Wildman–Crippen MR) is 91.6 cm³/mol. The van der Waals surface area contributed by atoms with Crippen LogP contribution in [-0.4, -0.2) is 28.5 Å². The number of hydrogen-bond donors (Lipinski definition) is 0. The van der Waals surface area contributed by atoms with Crippen molar-refractivity contribution in [1.29, 1.82) is 0 Å². The van der Waals surface area contributed by atoms with E-state index in [1.54, 1.807) is 0 Å². The number of aromatic nitrogens is 1. The van der Waals surface area contributed by atoms with Gasteiger partial charge in [-0.3, -0.25) is 9.88 Å². The highest BCUT2D eigenvalue weighted by atomic mass is 15.2. The lowest BCUT2D eigenvalue weighted by Crippen LogP contribution is -2.45. The summed E-state index contributed by atoms with van der Waals surface area (Å²) in [4.78, 5) is 6.90. The zero-order valence-electron chi connectivity index (χ0n) is 13.6. The third-order valence-electron chi connectivity index (χ3n) is 5.24. The molecule has 3 rings (SSSR count). The summed E-state index contributed by atoms with van der Waals surface area (Å²) in [6.07, 6.45) is 17.7. The molecule has 2 fully saturated rings. The number of hydrogen-bond acceptors (Lipinski definition) is 2. The molecule has 2 nitrogen and oxygen atoms in total.